The Morgan fingerprint density at radius 3 is 2.30 bits per heavy atom. The molecule has 2 N–H and O–H groups in total. The van der Waals surface area contributed by atoms with E-state index in [2.05, 4.69) is 60.7 Å². The van der Waals surface area contributed by atoms with Gasteiger partial charge in [0, 0.05) is 6.54 Å². The predicted molar refractivity (Wildman–Crippen MR) is 82.9 cm³/mol. The third-order valence-corrected chi connectivity index (χ3v) is 4.28. The number of hydrogen-bond acceptors (Lipinski definition) is 2. The van der Waals surface area contributed by atoms with Crippen LogP contribution in [0.5, 0.6) is 0 Å². The van der Waals surface area contributed by atoms with Gasteiger partial charge in [0.05, 0.1) is 6.04 Å². The molecule has 1 aliphatic heterocycles. The van der Waals surface area contributed by atoms with Crippen molar-refractivity contribution >= 4 is 0 Å². The third-order valence-electron chi connectivity index (χ3n) is 4.28. The average Bonchev–Trinajstić information content (AvgIpc) is 2.49. The summed E-state index contributed by atoms with van der Waals surface area (Å²) in [6.45, 7) is 0.991. The highest BCUT2D eigenvalue weighted by atomic mass is 15.4. The zero-order chi connectivity index (χ0) is 13.8. The Morgan fingerprint density at radius 1 is 0.950 bits per heavy atom. The van der Waals surface area contributed by atoms with Gasteiger partial charge in [-0.3, -0.25) is 5.84 Å². The van der Waals surface area contributed by atoms with E-state index in [1.807, 2.05) is 5.01 Å². The monoisotopic (exact) mass is 266 g/mol. The minimum Gasteiger partial charge on any atom is -0.268 e. The largest absolute Gasteiger partial charge is 0.268 e. The van der Waals surface area contributed by atoms with Crippen LogP contribution in [0.3, 0.4) is 0 Å². The maximum atomic E-state index is 6.29. The summed E-state index contributed by atoms with van der Waals surface area (Å²) in [6.07, 6.45) is 3.55. The molecule has 2 aromatic carbocycles. The summed E-state index contributed by atoms with van der Waals surface area (Å²) in [7, 11) is 0. The first-order chi connectivity index (χ1) is 9.84. The molecular weight excluding hydrogens is 244 g/mol. The second kappa shape index (κ2) is 6.21. The highest BCUT2D eigenvalue weighted by Gasteiger charge is 2.30. The van der Waals surface area contributed by atoms with Crippen LogP contribution in [0, 0.1) is 5.92 Å². The number of nitrogens with zero attached hydrogens (tertiary/aromatic N) is 1. The van der Waals surface area contributed by atoms with Crippen LogP contribution < -0.4 is 5.84 Å². The minimum atomic E-state index is 0.338. The molecule has 1 heterocycles. The van der Waals surface area contributed by atoms with Crippen LogP contribution in [-0.4, -0.2) is 11.6 Å². The summed E-state index contributed by atoms with van der Waals surface area (Å²) in [5, 5.41) is 2.03. The van der Waals surface area contributed by atoms with Crippen molar-refractivity contribution in [3.63, 3.8) is 0 Å². The average molecular weight is 266 g/mol. The Kier molecular flexibility index (Phi) is 4.14. The van der Waals surface area contributed by atoms with Crippen LogP contribution in [0.1, 0.15) is 30.0 Å². The summed E-state index contributed by atoms with van der Waals surface area (Å²) in [6, 6.07) is 21.8. The second-order valence-corrected chi connectivity index (χ2v) is 5.69. The van der Waals surface area contributed by atoms with Crippen molar-refractivity contribution in [2.45, 2.75) is 25.3 Å². The first-order valence-electron chi connectivity index (χ1n) is 7.45. The normalized spacial score (nSPS) is 23.6. The maximum Gasteiger partial charge on any atom is 0.0521 e. The van der Waals surface area contributed by atoms with E-state index in [1.165, 1.54) is 24.0 Å². The lowest BCUT2D eigenvalue weighted by atomic mass is 9.81. The van der Waals surface area contributed by atoms with E-state index in [9.17, 15) is 0 Å². The molecule has 2 aromatic rings. The van der Waals surface area contributed by atoms with Crippen molar-refractivity contribution in [2.75, 3.05) is 6.54 Å². The van der Waals surface area contributed by atoms with Crippen molar-refractivity contribution in [3.8, 4) is 0 Å². The van der Waals surface area contributed by atoms with Crippen LogP contribution in [0.2, 0.25) is 0 Å². The lowest BCUT2D eigenvalue weighted by Gasteiger charge is -2.39. The Morgan fingerprint density at radius 2 is 1.60 bits per heavy atom. The molecule has 0 aliphatic carbocycles. The molecule has 0 saturated carbocycles. The predicted octanol–water partition coefficient (Wildman–Crippen LogP) is 3.56. The molecule has 0 spiro atoms. The van der Waals surface area contributed by atoms with Crippen molar-refractivity contribution in [3.05, 3.63) is 71.8 Å². The number of piperidine rings is 1. The van der Waals surface area contributed by atoms with Gasteiger partial charge in [-0.1, -0.05) is 60.7 Å². The Labute approximate surface area is 121 Å². The van der Waals surface area contributed by atoms with Crippen LogP contribution in [-0.2, 0) is 6.42 Å². The zero-order valence-corrected chi connectivity index (χ0v) is 11.8. The van der Waals surface area contributed by atoms with Crippen LogP contribution >= 0.6 is 0 Å². The van der Waals surface area contributed by atoms with Crippen LogP contribution in [0.25, 0.3) is 0 Å². The second-order valence-electron chi connectivity index (χ2n) is 5.69. The van der Waals surface area contributed by atoms with E-state index in [0.717, 1.165) is 13.0 Å². The summed E-state index contributed by atoms with van der Waals surface area (Å²) < 4.78 is 0. The van der Waals surface area contributed by atoms with Crippen molar-refractivity contribution in [1.29, 1.82) is 0 Å². The number of nitrogens with two attached hydrogens (primary N) is 1. The Hall–Kier alpha value is -1.64. The summed E-state index contributed by atoms with van der Waals surface area (Å²) in [4.78, 5) is 0. The molecule has 2 heteroatoms. The van der Waals surface area contributed by atoms with E-state index in [4.69, 9.17) is 5.84 Å². The van der Waals surface area contributed by atoms with Crippen molar-refractivity contribution < 1.29 is 0 Å². The molecule has 20 heavy (non-hydrogen) atoms. The fourth-order valence-electron chi connectivity index (χ4n) is 3.35. The topological polar surface area (TPSA) is 29.3 Å². The van der Waals surface area contributed by atoms with E-state index in [-0.39, 0.29) is 0 Å². The molecule has 1 aliphatic rings. The standard InChI is InChI=1S/C18H22N2/c19-20-13-7-12-17(14-15-8-3-1-4-9-15)18(20)16-10-5-2-6-11-16/h1-6,8-11,17-18H,7,12-14,19H2/t17-,18+/m1/s1. The Bertz CT molecular complexity index is 524. The lowest BCUT2D eigenvalue weighted by molar-refractivity contribution is 0.0926. The fourth-order valence-corrected chi connectivity index (χ4v) is 3.35. The number of hydrazine groups is 1. The van der Waals surface area contributed by atoms with Gasteiger partial charge in [-0.15, -0.1) is 0 Å². The van der Waals surface area contributed by atoms with Gasteiger partial charge < -0.3 is 0 Å². The van der Waals surface area contributed by atoms with Crippen LogP contribution in [0.15, 0.2) is 60.7 Å². The molecule has 2 atom stereocenters. The van der Waals surface area contributed by atoms with E-state index in [0.29, 0.717) is 12.0 Å². The fraction of sp³-hybridized carbons (Fsp3) is 0.333. The van der Waals surface area contributed by atoms with Gasteiger partial charge in [0.25, 0.3) is 0 Å². The first-order valence-corrected chi connectivity index (χ1v) is 7.45. The molecule has 104 valence electrons. The molecule has 3 rings (SSSR count). The number of hydrogen-bond donors (Lipinski definition) is 1. The highest BCUT2D eigenvalue weighted by Crippen LogP contribution is 2.36. The Balaban J connectivity index is 1.83. The molecule has 0 amide bonds. The van der Waals surface area contributed by atoms with Gasteiger partial charge in [-0.25, -0.2) is 5.01 Å². The van der Waals surface area contributed by atoms with Gasteiger partial charge in [0.2, 0.25) is 0 Å². The SMILES string of the molecule is NN1CCC[C@H](Cc2ccccc2)[C@@H]1c1ccccc1. The molecule has 0 aromatic heterocycles. The highest BCUT2D eigenvalue weighted by molar-refractivity contribution is 5.22. The van der Waals surface area contributed by atoms with Gasteiger partial charge in [0.15, 0.2) is 0 Å². The van der Waals surface area contributed by atoms with Gasteiger partial charge >= 0.3 is 0 Å². The summed E-state index contributed by atoms with van der Waals surface area (Å²) >= 11 is 0. The molecule has 1 saturated heterocycles. The van der Waals surface area contributed by atoms with E-state index >= 15 is 0 Å². The molecule has 0 unspecified atom stereocenters. The van der Waals surface area contributed by atoms with E-state index < -0.39 is 0 Å². The maximum absolute atomic E-state index is 6.29. The quantitative estimate of drug-likeness (QED) is 0.861. The summed E-state index contributed by atoms with van der Waals surface area (Å²) in [5.41, 5.74) is 2.75. The molecule has 1 fully saturated rings. The number of benzene rings is 2. The summed E-state index contributed by atoms with van der Waals surface area (Å²) in [5.74, 6) is 6.88. The molecular formula is C18H22N2. The molecule has 0 radical (unpaired) electrons. The van der Waals surface area contributed by atoms with Crippen molar-refractivity contribution in [2.24, 2.45) is 11.8 Å². The van der Waals surface area contributed by atoms with Gasteiger partial charge in [0.1, 0.15) is 0 Å². The van der Waals surface area contributed by atoms with Gasteiger partial charge in [-0.2, -0.15) is 0 Å². The zero-order valence-electron chi connectivity index (χ0n) is 11.8. The van der Waals surface area contributed by atoms with Gasteiger partial charge in [-0.05, 0) is 36.3 Å². The minimum absolute atomic E-state index is 0.338. The first kappa shape index (κ1) is 13.3. The smallest absolute Gasteiger partial charge is 0.0521 e. The third kappa shape index (κ3) is 2.92. The number of rotatable bonds is 3. The van der Waals surface area contributed by atoms with Crippen LogP contribution in [0.4, 0.5) is 0 Å². The molecule has 2 nitrogen and oxygen atoms in total. The van der Waals surface area contributed by atoms with Crippen molar-refractivity contribution in [1.82, 2.24) is 5.01 Å². The van der Waals surface area contributed by atoms with E-state index in [1.54, 1.807) is 0 Å². The lowest BCUT2D eigenvalue weighted by Crippen LogP contribution is -2.44. The molecule has 0 bridgehead atoms.